The minimum atomic E-state index is -3.39. The first kappa shape index (κ1) is 18.1. The molecule has 2 unspecified atom stereocenters. The fourth-order valence-corrected chi connectivity index (χ4v) is 2.93. The molecule has 26 heavy (non-hydrogen) atoms. The van der Waals surface area contributed by atoms with Crippen LogP contribution in [-0.4, -0.2) is 35.1 Å². The fraction of sp³-hybridized carbons (Fsp3) is 0.294. The number of hydrogen-bond donors (Lipinski definition) is 0. The zero-order valence-corrected chi connectivity index (χ0v) is 13.2. The Hall–Kier alpha value is -2.71. The van der Waals surface area contributed by atoms with Crippen LogP contribution in [0.3, 0.4) is 0 Å². The van der Waals surface area contributed by atoms with Crippen LogP contribution in [0.2, 0.25) is 0 Å². The normalized spacial score (nSPS) is 18.2. The summed E-state index contributed by atoms with van der Waals surface area (Å²) in [5.74, 6) is -1.24. The number of amides is 1. The highest BCUT2D eigenvalue weighted by atomic mass is 19.3. The Balaban J connectivity index is 1.98. The van der Waals surface area contributed by atoms with Crippen LogP contribution in [0.5, 0.6) is 5.88 Å². The van der Waals surface area contributed by atoms with Crippen LogP contribution >= 0.6 is 0 Å². The van der Waals surface area contributed by atoms with E-state index in [2.05, 4.69) is 9.72 Å². The van der Waals surface area contributed by atoms with Crippen LogP contribution < -0.4 is 4.74 Å². The Kier molecular flexibility index (Phi) is 5.06. The molecule has 4 nitrogen and oxygen atoms in total. The first-order valence-electron chi connectivity index (χ1n) is 7.62. The van der Waals surface area contributed by atoms with E-state index in [1.54, 1.807) is 18.2 Å². The van der Waals surface area contributed by atoms with Gasteiger partial charge in [0.1, 0.15) is 0 Å². The Morgan fingerprint density at radius 3 is 2.42 bits per heavy atom. The summed E-state index contributed by atoms with van der Waals surface area (Å²) in [4.78, 5) is 16.7. The molecule has 1 aliphatic rings. The standard InChI is InChI=1S/C17H13F5N2O2/c18-14(19)15(20)24-12(7-9-3-1-2-4-11(9)16(24)25)10-5-6-13(23-8-10)26-17(21)22/h1-6,8,12,14-15,17H,7H2. The fourth-order valence-electron chi connectivity index (χ4n) is 2.93. The topological polar surface area (TPSA) is 42.4 Å². The number of aromatic nitrogens is 1. The maximum absolute atomic E-state index is 14.2. The van der Waals surface area contributed by atoms with Gasteiger partial charge in [0.15, 0.2) is 0 Å². The zero-order valence-electron chi connectivity index (χ0n) is 13.2. The number of halogens is 5. The number of alkyl halides is 5. The van der Waals surface area contributed by atoms with Crippen LogP contribution in [0.4, 0.5) is 22.0 Å². The highest BCUT2D eigenvalue weighted by molar-refractivity contribution is 5.97. The number of nitrogens with zero attached hydrogens (tertiary/aromatic N) is 2. The lowest BCUT2D eigenvalue weighted by Crippen LogP contribution is -2.47. The van der Waals surface area contributed by atoms with Crippen LogP contribution in [0, 0.1) is 0 Å². The first-order chi connectivity index (χ1) is 12.4. The SMILES string of the molecule is O=C1c2ccccc2CC(c2ccc(OC(F)F)nc2)N1C(F)C(F)F. The molecule has 2 heterocycles. The molecule has 0 spiro atoms. The van der Waals surface area contributed by atoms with E-state index in [4.69, 9.17) is 0 Å². The molecule has 0 N–H and O–H groups in total. The molecule has 0 aliphatic carbocycles. The summed E-state index contributed by atoms with van der Waals surface area (Å²) < 4.78 is 68.6. The van der Waals surface area contributed by atoms with E-state index in [0.717, 1.165) is 12.3 Å². The van der Waals surface area contributed by atoms with Crippen molar-refractivity contribution in [1.29, 1.82) is 0 Å². The Labute approximate surface area is 145 Å². The third-order valence-corrected chi connectivity index (χ3v) is 4.06. The monoisotopic (exact) mass is 372 g/mol. The summed E-state index contributed by atoms with van der Waals surface area (Å²) in [7, 11) is 0. The number of benzene rings is 1. The molecule has 2 atom stereocenters. The van der Waals surface area contributed by atoms with Crippen molar-refractivity contribution in [3.63, 3.8) is 0 Å². The van der Waals surface area contributed by atoms with Crippen molar-refractivity contribution >= 4 is 5.91 Å². The van der Waals surface area contributed by atoms with Gasteiger partial charge in [0.25, 0.3) is 12.3 Å². The third kappa shape index (κ3) is 3.47. The first-order valence-corrected chi connectivity index (χ1v) is 7.62. The third-order valence-electron chi connectivity index (χ3n) is 4.06. The molecule has 0 fully saturated rings. The average molecular weight is 372 g/mol. The molecule has 1 aliphatic heterocycles. The number of ether oxygens (including phenoxy) is 1. The van der Waals surface area contributed by atoms with Crippen molar-refractivity contribution in [2.45, 2.75) is 31.8 Å². The van der Waals surface area contributed by atoms with Crippen molar-refractivity contribution in [1.82, 2.24) is 9.88 Å². The van der Waals surface area contributed by atoms with Crippen molar-refractivity contribution in [3.8, 4) is 5.88 Å². The number of hydrogen-bond acceptors (Lipinski definition) is 3. The predicted octanol–water partition coefficient (Wildman–Crippen LogP) is 3.98. The highest BCUT2D eigenvalue weighted by Gasteiger charge is 2.41. The van der Waals surface area contributed by atoms with Gasteiger partial charge in [-0.15, -0.1) is 0 Å². The highest BCUT2D eigenvalue weighted by Crippen LogP contribution is 2.36. The number of carbonyl (C=O) groups excluding carboxylic acids is 1. The second-order valence-corrected chi connectivity index (χ2v) is 5.60. The van der Waals surface area contributed by atoms with E-state index in [0.29, 0.717) is 10.5 Å². The minimum absolute atomic E-state index is 0.0891. The second-order valence-electron chi connectivity index (χ2n) is 5.60. The molecule has 9 heteroatoms. The Bertz CT molecular complexity index is 785. The van der Waals surface area contributed by atoms with Crippen molar-refractivity contribution in [2.24, 2.45) is 0 Å². The van der Waals surface area contributed by atoms with Gasteiger partial charge in [-0.2, -0.15) is 8.78 Å². The molecule has 1 aromatic carbocycles. The summed E-state index contributed by atoms with van der Waals surface area (Å²) in [6.45, 7) is -3.07. The van der Waals surface area contributed by atoms with Crippen molar-refractivity contribution in [3.05, 3.63) is 59.3 Å². The van der Waals surface area contributed by atoms with Gasteiger partial charge in [-0.05, 0) is 23.6 Å². The van der Waals surface area contributed by atoms with Crippen molar-refractivity contribution < 1.29 is 31.5 Å². The van der Waals surface area contributed by atoms with Gasteiger partial charge in [0.2, 0.25) is 12.2 Å². The van der Waals surface area contributed by atoms with E-state index >= 15 is 0 Å². The molecule has 0 saturated heterocycles. The molecular weight excluding hydrogens is 359 g/mol. The van der Waals surface area contributed by atoms with Gasteiger partial charge >= 0.3 is 6.61 Å². The van der Waals surface area contributed by atoms with Crippen LogP contribution in [0.15, 0.2) is 42.6 Å². The van der Waals surface area contributed by atoms with Crippen LogP contribution in [0.1, 0.15) is 27.5 Å². The van der Waals surface area contributed by atoms with E-state index in [1.807, 2.05) is 0 Å². The van der Waals surface area contributed by atoms with Crippen molar-refractivity contribution in [2.75, 3.05) is 0 Å². The average Bonchev–Trinajstić information content (AvgIpc) is 2.61. The lowest BCUT2D eigenvalue weighted by atomic mass is 9.90. The van der Waals surface area contributed by atoms with E-state index < -0.39 is 31.3 Å². The predicted molar refractivity (Wildman–Crippen MR) is 80.8 cm³/mol. The molecule has 1 amide bonds. The molecule has 1 aromatic heterocycles. The molecule has 0 saturated carbocycles. The summed E-state index contributed by atoms with van der Waals surface area (Å²) in [6, 6.07) is 7.68. The van der Waals surface area contributed by atoms with Gasteiger partial charge in [-0.3, -0.25) is 9.69 Å². The number of pyridine rings is 1. The largest absolute Gasteiger partial charge is 0.417 e. The number of rotatable bonds is 5. The van der Waals surface area contributed by atoms with E-state index in [1.165, 1.54) is 12.1 Å². The Morgan fingerprint density at radius 2 is 1.81 bits per heavy atom. The molecule has 0 radical (unpaired) electrons. The van der Waals surface area contributed by atoms with Gasteiger partial charge in [0.05, 0.1) is 6.04 Å². The molecule has 0 bridgehead atoms. The maximum atomic E-state index is 14.2. The summed E-state index contributed by atoms with van der Waals surface area (Å²) >= 11 is 0. The molecular formula is C17H13F5N2O2. The summed E-state index contributed by atoms with van der Waals surface area (Å²) in [6.07, 6.45) is -5.00. The smallest absolute Gasteiger partial charge is 0.388 e. The zero-order chi connectivity index (χ0) is 18.8. The van der Waals surface area contributed by atoms with E-state index in [9.17, 15) is 26.7 Å². The van der Waals surface area contributed by atoms with E-state index in [-0.39, 0.29) is 23.4 Å². The lowest BCUT2D eigenvalue weighted by molar-refractivity contribution is -0.0557. The molecule has 3 rings (SSSR count). The minimum Gasteiger partial charge on any atom is -0.417 e. The lowest BCUT2D eigenvalue weighted by Gasteiger charge is -2.38. The van der Waals surface area contributed by atoms with Gasteiger partial charge < -0.3 is 4.74 Å². The van der Waals surface area contributed by atoms with Gasteiger partial charge in [-0.25, -0.2) is 18.2 Å². The maximum Gasteiger partial charge on any atom is 0.388 e. The second kappa shape index (κ2) is 7.27. The quantitative estimate of drug-likeness (QED) is 0.589. The number of fused-ring (bicyclic) bond motifs is 1. The molecule has 2 aromatic rings. The number of carbonyl (C=O) groups is 1. The van der Waals surface area contributed by atoms with Gasteiger partial charge in [0, 0.05) is 17.8 Å². The molecule has 138 valence electrons. The van der Waals surface area contributed by atoms with Crippen LogP contribution in [0.25, 0.3) is 0 Å². The van der Waals surface area contributed by atoms with Gasteiger partial charge in [-0.1, -0.05) is 24.3 Å². The summed E-state index contributed by atoms with van der Waals surface area (Å²) in [5, 5.41) is 0. The Morgan fingerprint density at radius 1 is 1.08 bits per heavy atom. The summed E-state index contributed by atoms with van der Waals surface area (Å²) in [5.41, 5.74) is 0.962. The van der Waals surface area contributed by atoms with Crippen LogP contribution in [-0.2, 0) is 6.42 Å².